The summed E-state index contributed by atoms with van der Waals surface area (Å²) in [5.41, 5.74) is 2.67. The standard InChI is InChI=1S/C15H13BrClNO/c1-10-5-6-14(16)13(7-10)15(19)18-9-11-3-2-4-12(17)8-11/h2-8H,9H2,1H3,(H,18,19). The van der Waals surface area contributed by atoms with Crippen LogP contribution in [0, 0.1) is 6.92 Å². The van der Waals surface area contributed by atoms with Crippen molar-refractivity contribution >= 4 is 33.4 Å². The minimum absolute atomic E-state index is 0.101. The zero-order valence-electron chi connectivity index (χ0n) is 10.4. The molecule has 0 saturated heterocycles. The molecule has 0 aliphatic heterocycles. The maximum Gasteiger partial charge on any atom is 0.252 e. The zero-order valence-corrected chi connectivity index (χ0v) is 12.8. The number of carbonyl (C=O) groups is 1. The Hall–Kier alpha value is -1.32. The van der Waals surface area contributed by atoms with Gasteiger partial charge in [0.15, 0.2) is 0 Å². The van der Waals surface area contributed by atoms with Crippen LogP contribution in [-0.4, -0.2) is 5.91 Å². The summed E-state index contributed by atoms with van der Waals surface area (Å²) < 4.78 is 0.793. The van der Waals surface area contributed by atoms with Crippen molar-refractivity contribution in [1.82, 2.24) is 5.32 Å². The van der Waals surface area contributed by atoms with Crippen molar-refractivity contribution in [1.29, 1.82) is 0 Å². The van der Waals surface area contributed by atoms with E-state index >= 15 is 0 Å². The van der Waals surface area contributed by atoms with Gasteiger partial charge in [-0.25, -0.2) is 0 Å². The van der Waals surface area contributed by atoms with E-state index in [0.29, 0.717) is 17.1 Å². The van der Waals surface area contributed by atoms with E-state index in [4.69, 9.17) is 11.6 Å². The van der Waals surface area contributed by atoms with Crippen LogP contribution >= 0.6 is 27.5 Å². The Labute approximate surface area is 125 Å². The molecule has 1 N–H and O–H groups in total. The molecule has 4 heteroatoms. The first kappa shape index (κ1) is 14.1. The Kier molecular flexibility index (Phi) is 4.61. The summed E-state index contributed by atoms with van der Waals surface area (Å²) in [7, 11) is 0. The molecule has 0 atom stereocenters. The number of carbonyl (C=O) groups excluding carboxylic acids is 1. The van der Waals surface area contributed by atoms with E-state index in [9.17, 15) is 4.79 Å². The smallest absolute Gasteiger partial charge is 0.252 e. The lowest BCUT2D eigenvalue weighted by Gasteiger charge is -2.08. The summed E-state index contributed by atoms with van der Waals surface area (Å²) in [5.74, 6) is -0.101. The number of aryl methyl sites for hydroxylation is 1. The Balaban J connectivity index is 2.07. The molecule has 2 aromatic rings. The predicted molar refractivity (Wildman–Crippen MR) is 81.5 cm³/mol. The molecule has 19 heavy (non-hydrogen) atoms. The second-order valence-corrected chi connectivity index (χ2v) is 5.59. The van der Waals surface area contributed by atoms with Crippen LogP contribution in [0.25, 0.3) is 0 Å². The molecular formula is C15H13BrClNO. The summed E-state index contributed by atoms with van der Waals surface area (Å²) in [6.07, 6.45) is 0. The van der Waals surface area contributed by atoms with Gasteiger partial charge in [0.2, 0.25) is 0 Å². The molecule has 2 rings (SSSR count). The highest BCUT2D eigenvalue weighted by Crippen LogP contribution is 2.18. The molecule has 2 aromatic carbocycles. The van der Waals surface area contributed by atoms with Crippen LogP contribution in [0.1, 0.15) is 21.5 Å². The number of amides is 1. The number of hydrogen-bond acceptors (Lipinski definition) is 1. The Morgan fingerprint density at radius 2 is 2.05 bits per heavy atom. The fraction of sp³-hybridized carbons (Fsp3) is 0.133. The van der Waals surface area contributed by atoms with Crippen LogP contribution in [0.15, 0.2) is 46.9 Å². The van der Waals surface area contributed by atoms with E-state index in [1.54, 1.807) is 0 Å². The summed E-state index contributed by atoms with van der Waals surface area (Å²) in [4.78, 5) is 12.1. The fourth-order valence-electron chi connectivity index (χ4n) is 1.74. The molecule has 98 valence electrons. The van der Waals surface area contributed by atoms with Gasteiger partial charge in [-0.1, -0.05) is 35.4 Å². The third-order valence-corrected chi connectivity index (χ3v) is 3.64. The van der Waals surface area contributed by atoms with Gasteiger partial charge < -0.3 is 5.32 Å². The van der Waals surface area contributed by atoms with E-state index in [-0.39, 0.29) is 5.91 Å². The normalized spacial score (nSPS) is 10.3. The summed E-state index contributed by atoms with van der Waals surface area (Å²) in [6.45, 7) is 2.42. The SMILES string of the molecule is Cc1ccc(Br)c(C(=O)NCc2cccc(Cl)c2)c1. The molecule has 0 radical (unpaired) electrons. The van der Waals surface area contributed by atoms with Crippen molar-refractivity contribution < 1.29 is 4.79 Å². The van der Waals surface area contributed by atoms with Gasteiger partial charge in [0.25, 0.3) is 5.91 Å². The maximum atomic E-state index is 12.1. The number of nitrogens with one attached hydrogen (secondary N) is 1. The van der Waals surface area contributed by atoms with E-state index in [1.807, 2.05) is 49.4 Å². The molecular weight excluding hydrogens is 326 g/mol. The largest absolute Gasteiger partial charge is 0.348 e. The van der Waals surface area contributed by atoms with E-state index < -0.39 is 0 Å². The highest BCUT2D eigenvalue weighted by Gasteiger charge is 2.09. The molecule has 0 spiro atoms. The molecule has 0 aliphatic rings. The van der Waals surface area contributed by atoms with Gasteiger partial charge in [0, 0.05) is 16.0 Å². The summed E-state index contributed by atoms with van der Waals surface area (Å²) >= 11 is 9.29. The topological polar surface area (TPSA) is 29.1 Å². The van der Waals surface area contributed by atoms with Crippen molar-refractivity contribution in [2.75, 3.05) is 0 Å². The predicted octanol–water partition coefficient (Wildman–Crippen LogP) is 4.34. The van der Waals surface area contributed by atoms with E-state index in [0.717, 1.165) is 15.6 Å². The molecule has 0 aliphatic carbocycles. The molecule has 0 bridgehead atoms. The third kappa shape index (κ3) is 3.82. The van der Waals surface area contributed by atoms with Gasteiger partial charge in [-0.05, 0) is 52.7 Å². The van der Waals surface area contributed by atoms with E-state index in [2.05, 4.69) is 21.2 Å². The Bertz CT molecular complexity index is 613. The average Bonchev–Trinajstić information content (AvgIpc) is 2.39. The summed E-state index contributed by atoms with van der Waals surface area (Å²) in [6, 6.07) is 13.1. The van der Waals surface area contributed by atoms with Crippen molar-refractivity contribution in [3.8, 4) is 0 Å². The van der Waals surface area contributed by atoms with Crippen LogP contribution in [-0.2, 0) is 6.54 Å². The molecule has 0 unspecified atom stereocenters. The lowest BCUT2D eigenvalue weighted by Crippen LogP contribution is -2.23. The highest BCUT2D eigenvalue weighted by atomic mass is 79.9. The van der Waals surface area contributed by atoms with Crippen LogP contribution < -0.4 is 5.32 Å². The first-order valence-electron chi connectivity index (χ1n) is 5.85. The molecule has 0 saturated carbocycles. The molecule has 0 fully saturated rings. The van der Waals surface area contributed by atoms with Gasteiger partial charge in [-0.15, -0.1) is 0 Å². The zero-order chi connectivity index (χ0) is 13.8. The molecule has 0 heterocycles. The minimum Gasteiger partial charge on any atom is -0.348 e. The van der Waals surface area contributed by atoms with Crippen molar-refractivity contribution in [2.24, 2.45) is 0 Å². The quantitative estimate of drug-likeness (QED) is 0.886. The maximum absolute atomic E-state index is 12.1. The van der Waals surface area contributed by atoms with Gasteiger partial charge in [-0.2, -0.15) is 0 Å². The minimum atomic E-state index is -0.101. The number of halogens is 2. The lowest BCUT2D eigenvalue weighted by molar-refractivity contribution is 0.0950. The van der Waals surface area contributed by atoms with Crippen LogP contribution in [0.3, 0.4) is 0 Å². The first-order chi connectivity index (χ1) is 9.06. The second-order valence-electron chi connectivity index (χ2n) is 4.30. The molecule has 1 amide bonds. The monoisotopic (exact) mass is 337 g/mol. The van der Waals surface area contributed by atoms with Crippen molar-refractivity contribution in [3.05, 3.63) is 68.7 Å². The highest BCUT2D eigenvalue weighted by molar-refractivity contribution is 9.10. The van der Waals surface area contributed by atoms with Crippen molar-refractivity contribution in [2.45, 2.75) is 13.5 Å². The third-order valence-electron chi connectivity index (χ3n) is 2.71. The Morgan fingerprint density at radius 3 is 2.79 bits per heavy atom. The number of hydrogen-bond donors (Lipinski definition) is 1. The van der Waals surface area contributed by atoms with Gasteiger partial charge >= 0.3 is 0 Å². The molecule has 2 nitrogen and oxygen atoms in total. The number of rotatable bonds is 3. The fourth-order valence-corrected chi connectivity index (χ4v) is 2.38. The van der Waals surface area contributed by atoms with Crippen molar-refractivity contribution in [3.63, 3.8) is 0 Å². The Morgan fingerprint density at radius 1 is 1.26 bits per heavy atom. The van der Waals surface area contributed by atoms with Gasteiger partial charge in [0.05, 0.1) is 5.56 Å². The summed E-state index contributed by atoms with van der Waals surface area (Å²) in [5, 5.41) is 3.55. The average molecular weight is 339 g/mol. The lowest BCUT2D eigenvalue weighted by atomic mass is 10.1. The molecule has 0 aromatic heterocycles. The van der Waals surface area contributed by atoms with Gasteiger partial charge in [-0.3, -0.25) is 4.79 Å². The van der Waals surface area contributed by atoms with Crippen LogP contribution in [0.4, 0.5) is 0 Å². The van der Waals surface area contributed by atoms with Crippen LogP contribution in [0.5, 0.6) is 0 Å². The first-order valence-corrected chi connectivity index (χ1v) is 7.02. The number of benzene rings is 2. The van der Waals surface area contributed by atoms with Gasteiger partial charge in [0.1, 0.15) is 0 Å². The second kappa shape index (κ2) is 6.22. The van der Waals surface area contributed by atoms with Crippen LogP contribution in [0.2, 0.25) is 5.02 Å². The van der Waals surface area contributed by atoms with E-state index in [1.165, 1.54) is 0 Å².